The van der Waals surface area contributed by atoms with E-state index in [0.717, 1.165) is 27.2 Å². The number of hydrogen-bond donors (Lipinski definition) is 1. The van der Waals surface area contributed by atoms with Crippen LogP contribution in [0.15, 0.2) is 41.0 Å². The van der Waals surface area contributed by atoms with E-state index >= 15 is 0 Å². The van der Waals surface area contributed by atoms with Crippen molar-refractivity contribution in [3.8, 4) is 0 Å². The third-order valence-electron chi connectivity index (χ3n) is 3.12. The van der Waals surface area contributed by atoms with Crippen molar-refractivity contribution in [2.45, 2.75) is 19.9 Å². The van der Waals surface area contributed by atoms with Gasteiger partial charge in [-0.1, -0.05) is 40.3 Å². The Balaban J connectivity index is 1.79. The molecule has 5 heteroatoms. The number of hydrogen-bond acceptors (Lipinski definition) is 4. The Labute approximate surface area is 130 Å². The summed E-state index contributed by atoms with van der Waals surface area (Å²) in [5.74, 6) is 0. The molecule has 0 unspecified atom stereocenters. The van der Waals surface area contributed by atoms with Crippen LogP contribution in [-0.4, -0.2) is 9.97 Å². The number of aromatic nitrogens is 2. The Morgan fingerprint density at radius 3 is 3.05 bits per heavy atom. The molecule has 0 spiro atoms. The molecule has 0 aliphatic carbocycles. The molecular weight excluding hydrogens is 334 g/mol. The second-order valence-electron chi connectivity index (χ2n) is 4.45. The Bertz CT molecular complexity index is 739. The minimum atomic E-state index is 0.713. The van der Waals surface area contributed by atoms with Crippen LogP contribution in [0.5, 0.6) is 0 Å². The molecule has 0 atom stereocenters. The summed E-state index contributed by atoms with van der Waals surface area (Å²) in [6.07, 6.45) is 2.84. The summed E-state index contributed by atoms with van der Waals surface area (Å²) in [6.45, 7) is 2.86. The van der Waals surface area contributed by atoms with Crippen LogP contribution in [0.3, 0.4) is 0 Å². The Kier molecular flexibility index (Phi) is 3.98. The van der Waals surface area contributed by atoms with E-state index in [-0.39, 0.29) is 0 Å². The van der Waals surface area contributed by atoms with Crippen LogP contribution in [-0.2, 0) is 13.0 Å². The molecule has 0 radical (unpaired) electrons. The van der Waals surface area contributed by atoms with E-state index in [2.05, 4.69) is 50.3 Å². The quantitative estimate of drug-likeness (QED) is 0.747. The largest absolute Gasteiger partial charge is 0.356 e. The summed E-state index contributed by atoms with van der Waals surface area (Å²) in [7, 11) is 0. The van der Waals surface area contributed by atoms with Crippen molar-refractivity contribution in [3.63, 3.8) is 0 Å². The maximum Gasteiger partial charge on any atom is 0.184 e. The molecule has 3 nitrogen and oxygen atoms in total. The van der Waals surface area contributed by atoms with Crippen molar-refractivity contribution in [1.82, 2.24) is 9.97 Å². The molecule has 2 heterocycles. The van der Waals surface area contributed by atoms with Gasteiger partial charge in [-0.3, -0.25) is 4.98 Å². The number of aryl methyl sites for hydroxylation is 1. The zero-order valence-electron chi connectivity index (χ0n) is 11.1. The van der Waals surface area contributed by atoms with Crippen LogP contribution < -0.4 is 5.32 Å². The summed E-state index contributed by atoms with van der Waals surface area (Å²) in [4.78, 5) is 9.03. The first-order valence-electron chi connectivity index (χ1n) is 6.49. The van der Waals surface area contributed by atoms with Crippen molar-refractivity contribution in [1.29, 1.82) is 0 Å². The van der Waals surface area contributed by atoms with Crippen molar-refractivity contribution in [2.24, 2.45) is 0 Å². The molecular formula is C15H14BrN3S. The molecule has 20 heavy (non-hydrogen) atoms. The van der Waals surface area contributed by atoms with E-state index in [1.807, 2.05) is 24.4 Å². The molecule has 0 amide bonds. The third kappa shape index (κ3) is 2.83. The Hall–Kier alpha value is -1.46. The normalized spacial score (nSPS) is 10.9. The van der Waals surface area contributed by atoms with E-state index in [4.69, 9.17) is 0 Å². The Morgan fingerprint density at radius 2 is 2.20 bits per heavy atom. The molecule has 0 aliphatic rings. The first kappa shape index (κ1) is 13.5. The molecule has 2 aromatic heterocycles. The highest BCUT2D eigenvalue weighted by molar-refractivity contribution is 9.10. The first-order chi connectivity index (χ1) is 9.76. The standard InChI is InChI=1S/C15H14BrN3S/c1-2-10-4-3-7-17-13(10)9-18-15-19-12-8-11(16)5-6-14(12)20-15/h3-8H,2,9H2,1H3,(H,18,19). The number of benzene rings is 1. The number of anilines is 1. The number of halogens is 1. The maximum atomic E-state index is 4.59. The van der Waals surface area contributed by atoms with Gasteiger partial charge in [0.25, 0.3) is 0 Å². The molecule has 3 rings (SSSR count). The summed E-state index contributed by atoms with van der Waals surface area (Å²) in [6, 6.07) is 10.3. The summed E-state index contributed by atoms with van der Waals surface area (Å²) in [5.41, 5.74) is 3.39. The van der Waals surface area contributed by atoms with Gasteiger partial charge in [-0.2, -0.15) is 0 Å². The summed E-state index contributed by atoms with van der Waals surface area (Å²) < 4.78 is 2.24. The molecule has 0 aliphatic heterocycles. The molecule has 0 fully saturated rings. The monoisotopic (exact) mass is 347 g/mol. The zero-order chi connectivity index (χ0) is 13.9. The second-order valence-corrected chi connectivity index (χ2v) is 6.39. The van der Waals surface area contributed by atoms with Crippen LogP contribution in [0.2, 0.25) is 0 Å². The van der Waals surface area contributed by atoms with Crippen LogP contribution in [0.25, 0.3) is 10.2 Å². The smallest absolute Gasteiger partial charge is 0.184 e. The highest BCUT2D eigenvalue weighted by Crippen LogP contribution is 2.28. The van der Waals surface area contributed by atoms with Crippen molar-refractivity contribution in [2.75, 3.05) is 5.32 Å². The van der Waals surface area contributed by atoms with Gasteiger partial charge >= 0.3 is 0 Å². The van der Waals surface area contributed by atoms with Crippen molar-refractivity contribution < 1.29 is 0 Å². The molecule has 3 aromatic rings. The fraction of sp³-hybridized carbons (Fsp3) is 0.200. The van der Waals surface area contributed by atoms with Gasteiger partial charge < -0.3 is 5.32 Å². The van der Waals surface area contributed by atoms with Crippen LogP contribution in [0.4, 0.5) is 5.13 Å². The van der Waals surface area contributed by atoms with Crippen molar-refractivity contribution in [3.05, 3.63) is 52.3 Å². The average molecular weight is 348 g/mol. The van der Waals surface area contributed by atoms with Gasteiger partial charge in [0.05, 0.1) is 22.5 Å². The van der Waals surface area contributed by atoms with E-state index in [0.29, 0.717) is 6.54 Å². The topological polar surface area (TPSA) is 37.8 Å². The highest BCUT2D eigenvalue weighted by atomic mass is 79.9. The lowest BCUT2D eigenvalue weighted by atomic mass is 10.1. The van der Waals surface area contributed by atoms with E-state index in [1.54, 1.807) is 11.3 Å². The molecule has 1 N–H and O–H groups in total. The number of fused-ring (bicyclic) bond motifs is 1. The van der Waals surface area contributed by atoms with Crippen LogP contribution >= 0.6 is 27.3 Å². The highest BCUT2D eigenvalue weighted by Gasteiger charge is 2.06. The number of thiazole rings is 1. The van der Waals surface area contributed by atoms with Gasteiger partial charge in [-0.15, -0.1) is 0 Å². The van der Waals surface area contributed by atoms with Crippen LogP contribution in [0.1, 0.15) is 18.2 Å². The second kappa shape index (κ2) is 5.89. The SMILES string of the molecule is CCc1cccnc1CNc1nc2cc(Br)ccc2s1. The van der Waals surface area contributed by atoms with Gasteiger partial charge in [0, 0.05) is 10.7 Å². The van der Waals surface area contributed by atoms with Gasteiger partial charge in [0.15, 0.2) is 5.13 Å². The Morgan fingerprint density at radius 1 is 1.30 bits per heavy atom. The fourth-order valence-electron chi connectivity index (χ4n) is 2.09. The fourth-order valence-corrected chi connectivity index (χ4v) is 3.28. The number of nitrogens with zero attached hydrogens (tertiary/aromatic N) is 2. The zero-order valence-corrected chi connectivity index (χ0v) is 13.5. The van der Waals surface area contributed by atoms with E-state index in [1.165, 1.54) is 10.3 Å². The first-order valence-corrected chi connectivity index (χ1v) is 8.10. The van der Waals surface area contributed by atoms with Gasteiger partial charge in [0.1, 0.15) is 0 Å². The summed E-state index contributed by atoms with van der Waals surface area (Å²) in [5, 5.41) is 4.31. The van der Waals surface area contributed by atoms with E-state index < -0.39 is 0 Å². The number of pyridine rings is 1. The predicted molar refractivity (Wildman–Crippen MR) is 88.3 cm³/mol. The number of rotatable bonds is 4. The third-order valence-corrected chi connectivity index (χ3v) is 4.61. The van der Waals surface area contributed by atoms with Gasteiger partial charge in [-0.25, -0.2) is 4.98 Å². The van der Waals surface area contributed by atoms with Crippen molar-refractivity contribution >= 4 is 42.6 Å². The lowest BCUT2D eigenvalue weighted by Crippen LogP contribution is -2.04. The molecule has 102 valence electrons. The molecule has 0 saturated carbocycles. The summed E-state index contributed by atoms with van der Waals surface area (Å²) >= 11 is 5.14. The maximum absolute atomic E-state index is 4.59. The lowest BCUT2D eigenvalue weighted by Gasteiger charge is -2.06. The molecule has 0 saturated heterocycles. The van der Waals surface area contributed by atoms with Crippen LogP contribution in [0, 0.1) is 0 Å². The average Bonchev–Trinajstić information content (AvgIpc) is 2.87. The van der Waals surface area contributed by atoms with E-state index in [9.17, 15) is 0 Å². The predicted octanol–water partition coefficient (Wildman–Crippen LogP) is 4.63. The van der Waals surface area contributed by atoms with Gasteiger partial charge in [0.2, 0.25) is 0 Å². The minimum absolute atomic E-state index is 0.713. The molecule has 0 bridgehead atoms. The minimum Gasteiger partial charge on any atom is -0.356 e. The number of nitrogens with one attached hydrogen (secondary N) is 1. The van der Waals surface area contributed by atoms with Gasteiger partial charge in [-0.05, 0) is 36.2 Å². The molecule has 1 aromatic carbocycles. The lowest BCUT2D eigenvalue weighted by molar-refractivity contribution is 0.970.